The fourth-order valence-corrected chi connectivity index (χ4v) is 6.39. The maximum absolute atomic E-state index is 2.49. The van der Waals surface area contributed by atoms with Crippen LogP contribution in [0, 0.1) is 5.92 Å². The van der Waals surface area contributed by atoms with E-state index in [0.29, 0.717) is 0 Å². The first-order valence-corrected chi connectivity index (χ1v) is 9.16. The van der Waals surface area contributed by atoms with Gasteiger partial charge < -0.3 is 0 Å². The summed E-state index contributed by atoms with van der Waals surface area (Å²) in [5.41, 5.74) is 0.789. The van der Waals surface area contributed by atoms with E-state index < -0.39 is 0 Å². The van der Waals surface area contributed by atoms with Crippen molar-refractivity contribution in [2.45, 2.75) is 38.3 Å². The van der Waals surface area contributed by atoms with E-state index in [2.05, 4.69) is 67.6 Å². The van der Waals surface area contributed by atoms with Crippen LogP contribution in [0.2, 0.25) is 0 Å². The van der Waals surface area contributed by atoms with Gasteiger partial charge in [0.05, 0.1) is 0 Å². The molecule has 20 heavy (non-hydrogen) atoms. The van der Waals surface area contributed by atoms with Crippen molar-refractivity contribution in [3.8, 4) is 0 Å². The minimum atomic E-state index is -0.223. The van der Waals surface area contributed by atoms with E-state index in [-0.39, 0.29) is 7.92 Å². The van der Waals surface area contributed by atoms with E-state index in [1.165, 1.54) is 36.3 Å². The Balaban J connectivity index is 1.95. The zero-order valence-electron chi connectivity index (χ0n) is 12.2. The second-order valence-electron chi connectivity index (χ2n) is 5.83. The molecule has 3 rings (SSSR count). The van der Waals surface area contributed by atoms with Crippen LogP contribution in [0.25, 0.3) is 0 Å². The Morgan fingerprint density at radius 3 is 1.70 bits per heavy atom. The van der Waals surface area contributed by atoms with Crippen molar-refractivity contribution >= 4 is 18.5 Å². The van der Waals surface area contributed by atoms with Gasteiger partial charge in [-0.3, -0.25) is 0 Å². The second kappa shape index (κ2) is 6.55. The van der Waals surface area contributed by atoms with Gasteiger partial charge in [-0.2, -0.15) is 0 Å². The van der Waals surface area contributed by atoms with Crippen LogP contribution in [0.4, 0.5) is 0 Å². The number of hydrogen-bond acceptors (Lipinski definition) is 0. The van der Waals surface area contributed by atoms with E-state index in [1.54, 1.807) is 0 Å². The smallest absolute Gasteiger partial charge is 0.0129 e. The molecule has 1 saturated carbocycles. The van der Waals surface area contributed by atoms with Crippen LogP contribution in [0.5, 0.6) is 0 Å². The third-order valence-corrected chi connectivity index (χ3v) is 7.50. The lowest BCUT2D eigenvalue weighted by molar-refractivity contribution is 0.540. The molecular formula is C19H23P. The molecule has 0 N–H and O–H groups in total. The van der Waals surface area contributed by atoms with Crippen LogP contribution in [-0.2, 0) is 0 Å². The van der Waals surface area contributed by atoms with Crippen LogP contribution in [-0.4, -0.2) is 5.66 Å². The highest BCUT2D eigenvalue weighted by atomic mass is 31.1. The molecular weight excluding hydrogens is 259 g/mol. The Kier molecular flexibility index (Phi) is 4.53. The highest BCUT2D eigenvalue weighted by molar-refractivity contribution is 7.73. The molecule has 0 nitrogen and oxygen atoms in total. The summed E-state index contributed by atoms with van der Waals surface area (Å²) >= 11 is 0. The second-order valence-corrected chi connectivity index (χ2v) is 8.41. The molecule has 1 fully saturated rings. The van der Waals surface area contributed by atoms with Crippen LogP contribution in [0.15, 0.2) is 60.7 Å². The lowest BCUT2D eigenvalue weighted by atomic mass is 10.1. The molecule has 104 valence electrons. The predicted molar refractivity (Wildman–Crippen MR) is 90.5 cm³/mol. The van der Waals surface area contributed by atoms with Gasteiger partial charge in [-0.05, 0) is 42.9 Å². The standard InChI is InChI=1S/C19H23P/c1-16(17-10-8-9-11-17)20(18-12-4-2-5-13-18)19-14-6-3-7-15-19/h2-7,12-17H,8-11H2,1H3/t16-/m1/s1. The molecule has 1 heteroatoms. The molecule has 0 aliphatic heterocycles. The van der Waals surface area contributed by atoms with E-state index in [9.17, 15) is 0 Å². The lowest BCUT2D eigenvalue weighted by Crippen LogP contribution is -2.24. The van der Waals surface area contributed by atoms with Crippen molar-refractivity contribution < 1.29 is 0 Å². The Labute approximate surface area is 124 Å². The molecule has 0 spiro atoms. The SMILES string of the molecule is C[C@H](C1CCCC1)P(c1ccccc1)c1ccccc1. The van der Waals surface area contributed by atoms with E-state index in [0.717, 1.165) is 11.6 Å². The van der Waals surface area contributed by atoms with Crippen molar-refractivity contribution in [1.82, 2.24) is 0 Å². The highest BCUT2D eigenvalue weighted by Crippen LogP contribution is 2.47. The number of hydrogen-bond donors (Lipinski definition) is 0. The van der Waals surface area contributed by atoms with E-state index >= 15 is 0 Å². The third kappa shape index (κ3) is 2.96. The lowest BCUT2D eigenvalue weighted by Gasteiger charge is -2.30. The Morgan fingerprint density at radius 2 is 1.25 bits per heavy atom. The van der Waals surface area contributed by atoms with Crippen molar-refractivity contribution in [2.24, 2.45) is 5.92 Å². The van der Waals surface area contributed by atoms with Gasteiger partial charge in [0.1, 0.15) is 0 Å². The van der Waals surface area contributed by atoms with Crippen LogP contribution >= 0.6 is 7.92 Å². The van der Waals surface area contributed by atoms with Gasteiger partial charge in [-0.15, -0.1) is 0 Å². The average Bonchev–Trinajstić information content (AvgIpc) is 3.04. The normalized spacial score (nSPS) is 17.5. The molecule has 0 aromatic heterocycles. The molecule has 1 aliphatic carbocycles. The van der Waals surface area contributed by atoms with Crippen molar-refractivity contribution in [1.29, 1.82) is 0 Å². The minimum Gasteiger partial charge on any atom is -0.0622 e. The highest BCUT2D eigenvalue weighted by Gasteiger charge is 2.29. The first-order valence-electron chi connectivity index (χ1n) is 7.75. The summed E-state index contributed by atoms with van der Waals surface area (Å²) in [6.07, 6.45) is 5.73. The largest absolute Gasteiger partial charge is 0.0622 e. The zero-order chi connectivity index (χ0) is 13.8. The Bertz CT molecular complexity index is 474. The van der Waals surface area contributed by atoms with Gasteiger partial charge in [-0.25, -0.2) is 0 Å². The topological polar surface area (TPSA) is 0 Å². The van der Waals surface area contributed by atoms with Crippen molar-refractivity contribution in [3.63, 3.8) is 0 Å². The summed E-state index contributed by atoms with van der Waals surface area (Å²) in [4.78, 5) is 0. The maximum atomic E-state index is 2.49. The van der Waals surface area contributed by atoms with Gasteiger partial charge in [0.15, 0.2) is 0 Å². The van der Waals surface area contributed by atoms with E-state index in [1.807, 2.05) is 0 Å². The van der Waals surface area contributed by atoms with Gasteiger partial charge in [-0.1, -0.05) is 80.4 Å². The summed E-state index contributed by atoms with van der Waals surface area (Å²) in [5, 5.41) is 3.07. The van der Waals surface area contributed by atoms with Crippen LogP contribution in [0.3, 0.4) is 0 Å². The Morgan fingerprint density at radius 1 is 0.800 bits per heavy atom. The summed E-state index contributed by atoms with van der Waals surface area (Å²) in [7, 11) is -0.223. The monoisotopic (exact) mass is 282 g/mol. The summed E-state index contributed by atoms with van der Waals surface area (Å²) in [6.45, 7) is 2.49. The zero-order valence-corrected chi connectivity index (χ0v) is 13.1. The van der Waals surface area contributed by atoms with E-state index in [4.69, 9.17) is 0 Å². The average molecular weight is 282 g/mol. The predicted octanol–water partition coefficient (Wildman–Crippen LogP) is 4.70. The maximum Gasteiger partial charge on any atom is -0.0129 e. The summed E-state index contributed by atoms with van der Waals surface area (Å²) < 4.78 is 0. The first kappa shape index (κ1) is 13.8. The first-order chi connectivity index (χ1) is 9.86. The van der Waals surface area contributed by atoms with Crippen LogP contribution < -0.4 is 10.6 Å². The van der Waals surface area contributed by atoms with Crippen molar-refractivity contribution in [3.05, 3.63) is 60.7 Å². The van der Waals surface area contributed by atoms with Gasteiger partial charge in [0.2, 0.25) is 0 Å². The van der Waals surface area contributed by atoms with Gasteiger partial charge in [0.25, 0.3) is 0 Å². The van der Waals surface area contributed by atoms with Gasteiger partial charge in [0, 0.05) is 0 Å². The molecule has 1 atom stereocenters. The fraction of sp³-hybridized carbons (Fsp3) is 0.368. The molecule has 2 aromatic carbocycles. The molecule has 0 heterocycles. The molecule has 0 bridgehead atoms. The molecule has 1 aliphatic rings. The quantitative estimate of drug-likeness (QED) is 0.713. The number of rotatable bonds is 4. The van der Waals surface area contributed by atoms with Crippen molar-refractivity contribution in [2.75, 3.05) is 0 Å². The molecule has 0 amide bonds. The summed E-state index contributed by atoms with van der Waals surface area (Å²) in [5.74, 6) is 0.918. The Hall–Kier alpha value is -1.13. The summed E-state index contributed by atoms with van der Waals surface area (Å²) in [6, 6.07) is 22.3. The molecule has 0 radical (unpaired) electrons. The minimum absolute atomic E-state index is 0.223. The van der Waals surface area contributed by atoms with Crippen LogP contribution in [0.1, 0.15) is 32.6 Å². The molecule has 2 aromatic rings. The third-order valence-electron chi connectivity index (χ3n) is 4.56. The molecule has 0 unspecified atom stereocenters. The molecule has 0 saturated heterocycles. The fourth-order valence-electron chi connectivity index (χ4n) is 3.45. The number of benzene rings is 2. The van der Waals surface area contributed by atoms with Gasteiger partial charge >= 0.3 is 0 Å².